The summed E-state index contributed by atoms with van der Waals surface area (Å²) in [5.74, 6) is -0.133. The lowest BCUT2D eigenvalue weighted by molar-refractivity contribution is -0.0224. The molecule has 10 nitrogen and oxygen atoms in total. The van der Waals surface area contributed by atoms with Crippen molar-refractivity contribution < 1.29 is 19.4 Å². The van der Waals surface area contributed by atoms with Gasteiger partial charge in [-0.15, -0.1) is 0 Å². The van der Waals surface area contributed by atoms with Crippen molar-refractivity contribution in [2.75, 3.05) is 23.8 Å². The maximum absolute atomic E-state index is 13.5. The van der Waals surface area contributed by atoms with Crippen molar-refractivity contribution in [1.82, 2.24) is 19.9 Å². The van der Waals surface area contributed by atoms with E-state index < -0.39 is 0 Å². The van der Waals surface area contributed by atoms with Crippen molar-refractivity contribution in [2.45, 2.75) is 25.0 Å². The van der Waals surface area contributed by atoms with Crippen LogP contribution in [0, 0.1) is 0 Å². The molecule has 0 bridgehead atoms. The number of ether oxygens (including phenoxy) is 1. The number of nitrogens with one attached hydrogen (secondary N) is 3. The number of hydrogen-bond donors (Lipinski definition) is 4. The normalized spacial score (nSPS) is 17.6. The Morgan fingerprint density at radius 1 is 1.19 bits per heavy atom. The molecule has 1 fully saturated rings. The highest BCUT2D eigenvalue weighted by Crippen LogP contribution is 2.30. The van der Waals surface area contributed by atoms with Gasteiger partial charge in [0.25, 0.3) is 5.91 Å². The first-order valence-electron chi connectivity index (χ1n) is 11.4. The van der Waals surface area contributed by atoms with E-state index >= 15 is 0 Å². The van der Waals surface area contributed by atoms with Gasteiger partial charge in [-0.2, -0.15) is 0 Å². The molecule has 0 aliphatic carbocycles. The maximum Gasteiger partial charge on any atom is 0.257 e. The molecule has 4 aromatic rings. The van der Waals surface area contributed by atoms with Crippen molar-refractivity contribution in [1.29, 1.82) is 0 Å². The number of aliphatic hydroxyl groups is 1. The number of rotatable bonds is 7. The lowest BCUT2D eigenvalue weighted by atomic mass is 10.0. The topological polar surface area (TPSA) is 142 Å². The number of aromatic nitrogens is 4. The lowest BCUT2D eigenvalue weighted by Gasteiger charge is -2.29. The first kappa shape index (κ1) is 23.9. The fourth-order valence-electron chi connectivity index (χ4n) is 4.13. The van der Waals surface area contributed by atoms with Crippen LogP contribution >= 0.6 is 11.6 Å². The highest BCUT2D eigenvalue weighted by Gasteiger charge is 2.25. The number of anilines is 2. The van der Waals surface area contributed by atoms with Crippen LogP contribution in [0.2, 0.25) is 5.02 Å². The summed E-state index contributed by atoms with van der Waals surface area (Å²) in [6.45, 7) is 0.413. The van der Waals surface area contributed by atoms with Gasteiger partial charge in [0.15, 0.2) is 5.78 Å². The summed E-state index contributed by atoms with van der Waals surface area (Å²) in [7, 11) is 0. The van der Waals surface area contributed by atoms with Crippen LogP contribution in [0.4, 0.5) is 11.5 Å². The Balaban J connectivity index is 1.38. The third-order valence-electron chi connectivity index (χ3n) is 6.02. The van der Waals surface area contributed by atoms with E-state index in [1.54, 1.807) is 36.7 Å². The average molecular weight is 507 g/mol. The molecule has 2 atom stereocenters. The Labute approximate surface area is 211 Å². The zero-order valence-corrected chi connectivity index (χ0v) is 19.8. The number of aromatic amines is 1. The monoisotopic (exact) mass is 506 g/mol. The van der Waals surface area contributed by atoms with Crippen LogP contribution in [0.3, 0.4) is 0 Å². The minimum absolute atomic E-state index is 0.00632. The molecule has 4 heterocycles. The second kappa shape index (κ2) is 10.4. The SMILES string of the molecule is O=C(Nc1ccc(C(=O)c2c[nH]c3ncnc(NC4CCC(CO)OC4)c23)c(Cl)c1)c1cccnc1. The van der Waals surface area contributed by atoms with Gasteiger partial charge in [0, 0.05) is 29.8 Å². The molecule has 1 aliphatic heterocycles. The van der Waals surface area contributed by atoms with Gasteiger partial charge >= 0.3 is 0 Å². The van der Waals surface area contributed by atoms with Gasteiger partial charge in [-0.1, -0.05) is 11.6 Å². The van der Waals surface area contributed by atoms with Gasteiger partial charge in [-0.25, -0.2) is 9.97 Å². The van der Waals surface area contributed by atoms with Crippen LogP contribution in [-0.4, -0.2) is 62.1 Å². The molecule has 1 aliphatic rings. The van der Waals surface area contributed by atoms with Gasteiger partial charge in [-0.3, -0.25) is 14.6 Å². The fourth-order valence-corrected chi connectivity index (χ4v) is 4.40. The zero-order chi connectivity index (χ0) is 25.1. The lowest BCUT2D eigenvalue weighted by Crippen LogP contribution is -2.36. The van der Waals surface area contributed by atoms with Gasteiger partial charge < -0.3 is 25.5 Å². The van der Waals surface area contributed by atoms with Crippen LogP contribution < -0.4 is 10.6 Å². The number of carbonyl (C=O) groups excluding carboxylic acids is 2. The van der Waals surface area contributed by atoms with Crippen LogP contribution in [0.25, 0.3) is 11.0 Å². The quantitative estimate of drug-likeness (QED) is 0.279. The molecule has 1 saturated heterocycles. The number of amides is 1. The van der Waals surface area contributed by atoms with E-state index in [2.05, 4.69) is 30.6 Å². The molecule has 3 aromatic heterocycles. The minimum atomic E-state index is -0.334. The largest absolute Gasteiger partial charge is 0.394 e. The summed E-state index contributed by atoms with van der Waals surface area (Å²) in [4.78, 5) is 41.5. The predicted molar refractivity (Wildman–Crippen MR) is 134 cm³/mol. The Morgan fingerprint density at radius 3 is 2.81 bits per heavy atom. The molecule has 0 saturated carbocycles. The number of benzene rings is 1. The summed E-state index contributed by atoms with van der Waals surface area (Å²) in [5, 5.41) is 16.1. The molecular weight excluding hydrogens is 484 g/mol. The van der Waals surface area contributed by atoms with E-state index in [0.717, 1.165) is 12.8 Å². The van der Waals surface area contributed by atoms with Crippen LogP contribution in [0.1, 0.15) is 39.1 Å². The molecule has 0 spiro atoms. The smallest absolute Gasteiger partial charge is 0.257 e. The number of aliphatic hydroxyl groups excluding tert-OH is 1. The highest BCUT2D eigenvalue weighted by atomic mass is 35.5. The second-order valence-electron chi connectivity index (χ2n) is 8.42. The van der Waals surface area contributed by atoms with E-state index in [9.17, 15) is 14.7 Å². The maximum atomic E-state index is 13.5. The van der Waals surface area contributed by atoms with Crippen LogP contribution in [0.15, 0.2) is 55.2 Å². The van der Waals surface area contributed by atoms with Crippen molar-refractivity contribution in [3.63, 3.8) is 0 Å². The highest BCUT2D eigenvalue weighted by molar-refractivity contribution is 6.36. The van der Waals surface area contributed by atoms with Crippen LogP contribution in [0.5, 0.6) is 0 Å². The molecule has 1 amide bonds. The molecule has 11 heteroatoms. The Bertz CT molecular complexity index is 1400. The molecule has 184 valence electrons. The molecule has 5 rings (SSSR count). The Morgan fingerprint density at radius 2 is 2.08 bits per heavy atom. The molecular formula is C25H23ClN6O4. The molecule has 2 unspecified atom stereocenters. The number of carbonyl (C=O) groups is 2. The summed E-state index contributed by atoms with van der Waals surface area (Å²) in [6, 6.07) is 8.03. The number of fused-ring (bicyclic) bond motifs is 1. The number of pyridine rings is 1. The van der Waals surface area contributed by atoms with E-state index in [-0.39, 0.29) is 41.0 Å². The van der Waals surface area contributed by atoms with Gasteiger partial charge in [0.2, 0.25) is 0 Å². The van der Waals surface area contributed by atoms with Crippen molar-refractivity contribution >= 4 is 45.8 Å². The second-order valence-corrected chi connectivity index (χ2v) is 8.83. The first-order chi connectivity index (χ1) is 17.5. The van der Waals surface area contributed by atoms with E-state index in [1.165, 1.54) is 18.6 Å². The van der Waals surface area contributed by atoms with Crippen LogP contribution in [-0.2, 0) is 4.74 Å². The Kier molecular flexibility index (Phi) is 6.90. The van der Waals surface area contributed by atoms with Gasteiger partial charge in [0.05, 0.1) is 46.9 Å². The standard InChI is InChI=1S/C25H23ClN6O4/c26-20-8-15(32-25(35)14-2-1-7-27-9-14)4-6-18(20)22(34)19-10-28-23-21(19)24(30-13-29-23)31-16-3-5-17(11-33)36-12-16/h1-2,4,6-10,13,16-17,33H,3,5,11-12H2,(H,32,35)(H2,28,29,30,31). The summed E-state index contributed by atoms with van der Waals surface area (Å²) >= 11 is 6.47. The average Bonchev–Trinajstić information content (AvgIpc) is 3.35. The summed E-state index contributed by atoms with van der Waals surface area (Å²) < 4.78 is 5.65. The van der Waals surface area contributed by atoms with Crippen molar-refractivity contribution in [2.24, 2.45) is 0 Å². The molecule has 4 N–H and O–H groups in total. The van der Waals surface area contributed by atoms with E-state index in [0.29, 0.717) is 40.3 Å². The first-order valence-corrected chi connectivity index (χ1v) is 11.8. The van der Waals surface area contributed by atoms with Gasteiger partial charge in [-0.05, 0) is 43.2 Å². The van der Waals surface area contributed by atoms with Gasteiger partial charge in [0.1, 0.15) is 17.8 Å². The minimum Gasteiger partial charge on any atom is -0.394 e. The zero-order valence-electron chi connectivity index (χ0n) is 19.1. The fraction of sp³-hybridized carbons (Fsp3) is 0.240. The third-order valence-corrected chi connectivity index (χ3v) is 6.34. The summed E-state index contributed by atoms with van der Waals surface area (Å²) in [5.41, 5.74) is 2.01. The number of nitrogens with zero attached hydrogens (tertiary/aromatic N) is 3. The van der Waals surface area contributed by atoms with Crippen molar-refractivity contribution in [3.05, 3.63) is 77.0 Å². The molecule has 0 radical (unpaired) electrons. The van der Waals surface area contributed by atoms with E-state index in [4.69, 9.17) is 16.3 Å². The number of ketones is 1. The third kappa shape index (κ3) is 4.92. The summed E-state index contributed by atoms with van der Waals surface area (Å²) in [6.07, 6.45) is 7.41. The number of halogens is 1. The number of hydrogen-bond acceptors (Lipinski definition) is 8. The Hall–Kier alpha value is -3.86. The van der Waals surface area contributed by atoms with Crippen molar-refractivity contribution in [3.8, 4) is 0 Å². The number of H-pyrrole nitrogens is 1. The van der Waals surface area contributed by atoms with E-state index in [1.807, 2.05) is 0 Å². The molecule has 1 aromatic carbocycles. The predicted octanol–water partition coefficient (Wildman–Crippen LogP) is 3.44. The molecule has 36 heavy (non-hydrogen) atoms.